The summed E-state index contributed by atoms with van der Waals surface area (Å²) in [4.78, 5) is 0. The van der Waals surface area contributed by atoms with E-state index in [1.54, 1.807) is 6.07 Å². The van der Waals surface area contributed by atoms with Gasteiger partial charge in [0.25, 0.3) is 0 Å². The fraction of sp³-hybridized carbons (Fsp3) is 0.286. The molecule has 0 aromatic heterocycles. The number of fused-ring (bicyclic) bond motifs is 1. The summed E-state index contributed by atoms with van der Waals surface area (Å²) in [7, 11) is -1.51. The van der Waals surface area contributed by atoms with Crippen molar-refractivity contribution in [2.45, 2.75) is 6.42 Å². The van der Waals surface area contributed by atoms with Crippen molar-refractivity contribution in [3.8, 4) is 0 Å². The summed E-state index contributed by atoms with van der Waals surface area (Å²) in [6.45, 7) is 0.683. The second kappa shape index (κ2) is 6.56. The standard InChI is InChI=1S/C14H17BrN2O2S/c1-16-9-4-10-20(18,19)17-14-8-7-13(15)11-5-2-3-6-12(11)14/h2-3,5-8,16-17H,4,9-10H2,1H3. The molecule has 0 bridgehead atoms. The molecule has 0 saturated heterocycles. The van der Waals surface area contributed by atoms with Gasteiger partial charge in [0.05, 0.1) is 11.4 Å². The third kappa shape index (κ3) is 3.71. The first-order valence-corrected chi connectivity index (χ1v) is 8.80. The van der Waals surface area contributed by atoms with Gasteiger partial charge in [0, 0.05) is 9.86 Å². The molecule has 2 aromatic carbocycles. The van der Waals surface area contributed by atoms with Gasteiger partial charge in [-0.05, 0) is 37.5 Å². The number of anilines is 1. The molecule has 0 radical (unpaired) electrons. The monoisotopic (exact) mass is 356 g/mol. The molecular weight excluding hydrogens is 340 g/mol. The zero-order valence-electron chi connectivity index (χ0n) is 11.2. The van der Waals surface area contributed by atoms with Gasteiger partial charge < -0.3 is 5.32 Å². The van der Waals surface area contributed by atoms with Crippen LogP contribution < -0.4 is 10.0 Å². The van der Waals surface area contributed by atoms with Crippen LogP contribution in [0.2, 0.25) is 0 Å². The molecule has 0 aliphatic heterocycles. The van der Waals surface area contributed by atoms with Crippen molar-refractivity contribution in [3.63, 3.8) is 0 Å². The van der Waals surface area contributed by atoms with Gasteiger partial charge in [-0.2, -0.15) is 0 Å². The molecule has 0 amide bonds. The molecule has 20 heavy (non-hydrogen) atoms. The molecule has 0 aliphatic carbocycles. The molecule has 2 aromatic rings. The summed E-state index contributed by atoms with van der Waals surface area (Å²) in [6.07, 6.45) is 0.584. The smallest absolute Gasteiger partial charge is 0.232 e. The van der Waals surface area contributed by atoms with Gasteiger partial charge in [0.15, 0.2) is 0 Å². The van der Waals surface area contributed by atoms with E-state index in [9.17, 15) is 8.42 Å². The Labute approximate surface area is 127 Å². The highest BCUT2D eigenvalue weighted by Gasteiger charge is 2.12. The maximum absolute atomic E-state index is 12.1. The molecule has 0 spiro atoms. The van der Waals surface area contributed by atoms with Crippen LogP contribution in [-0.2, 0) is 10.0 Å². The van der Waals surface area contributed by atoms with E-state index in [2.05, 4.69) is 26.0 Å². The minimum absolute atomic E-state index is 0.109. The molecule has 2 N–H and O–H groups in total. The number of sulfonamides is 1. The van der Waals surface area contributed by atoms with Crippen molar-refractivity contribution < 1.29 is 8.42 Å². The number of benzene rings is 2. The Morgan fingerprint density at radius 1 is 1.10 bits per heavy atom. The lowest BCUT2D eigenvalue weighted by Gasteiger charge is -2.11. The summed E-state index contributed by atoms with van der Waals surface area (Å²) in [5.74, 6) is 0.109. The largest absolute Gasteiger partial charge is 0.320 e. The molecular formula is C14H17BrN2O2S. The van der Waals surface area contributed by atoms with Crippen LogP contribution in [-0.4, -0.2) is 27.8 Å². The summed E-state index contributed by atoms with van der Waals surface area (Å²) in [5.41, 5.74) is 0.619. The van der Waals surface area contributed by atoms with Crippen molar-refractivity contribution in [1.29, 1.82) is 0 Å². The van der Waals surface area contributed by atoms with Gasteiger partial charge in [-0.15, -0.1) is 0 Å². The average molecular weight is 357 g/mol. The molecule has 0 fully saturated rings. The average Bonchev–Trinajstić information content (AvgIpc) is 2.42. The Hall–Kier alpha value is -1.11. The summed E-state index contributed by atoms with van der Waals surface area (Å²) in [5, 5.41) is 4.82. The van der Waals surface area contributed by atoms with Crippen LogP contribution >= 0.6 is 15.9 Å². The predicted octanol–water partition coefficient (Wildman–Crippen LogP) is 2.95. The van der Waals surface area contributed by atoms with E-state index in [0.717, 1.165) is 15.2 Å². The normalized spacial score (nSPS) is 11.7. The van der Waals surface area contributed by atoms with Crippen LogP contribution in [0.25, 0.3) is 10.8 Å². The third-order valence-corrected chi connectivity index (χ3v) is 5.02. The highest BCUT2D eigenvalue weighted by atomic mass is 79.9. The number of halogens is 1. The number of hydrogen-bond acceptors (Lipinski definition) is 3. The van der Waals surface area contributed by atoms with Crippen LogP contribution in [0.4, 0.5) is 5.69 Å². The third-order valence-electron chi connectivity index (χ3n) is 2.98. The van der Waals surface area contributed by atoms with Crippen LogP contribution in [0.15, 0.2) is 40.9 Å². The molecule has 4 nitrogen and oxygen atoms in total. The fourth-order valence-corrected chi connectivity index (χ4v) is 3.63. The minimum Gasteiger partial charge on any atom is -0.320 e. The molecule has 108 valence electrons. The van der Waals surface area contributed by atoms with Gasteiger partial charge in [0.2, 0.25) is 10.0 Å². The van der Waals surface area contributed by atoms with Crippen molar-refractivity contribution in [2.75, 3.05) is 24.1 Å². The lowest BCUT2D eigenvalue weighted by molar-refractivity contribution is 0.597. The zero-order chi connectivity index (χ0) is 14.6. The van der Waals surface area contributed by atoms with Gasteiger partial charge >= 0.3 is 0 Å². The molecule has 0 heterocycles. The Morgan fingerprint density at radius 3 is 2.50 bits per heavy atom. The molecule has 0 unspecified atom stereocenters. The Morgan fingerprint density at radius 2 is 1.80 bits per heavy atom. The highest BCUT2D eigenvalue weighted by Crippen LogP contribution is 2.30. The quantitative estimate of drug-likeness (QED) is 0.782. The van der Waals surface area contributed by atoms with Gasteiger partial charge in [0.1, 0.15) is 0 Å². The van der Waals surface area contributed by atoms with E-state index in [0.29, 0.717) is 18.7 Å². The Bertz CT molecular complexity index is 701. The molecule has 6 heteroatoms. The SMILES string of the molecule is CNCCCS(=O)(=O)Nc1ccc(Br)c2ccccc12. The summed E-state index contributed by atoms with van der Waals surface area (Å²) >= 11 is 3.48. The molecule has 0 atom stereocenters. The lowest BCUT2D eigenvalue weighted by Crippen LogP contribution is -2.20. The van der Waals surface area contributed by atoms with Gasteiger partial charge in [-0.1, -0.05) is 40.2 Å². The molecule has 0 aliphatic rings. The molecule has 2 rings (SSSR count). The van der Waals surface area contributed by atoms with Crippen LogP contribution in [0, 0.1) is 0 Å². The predicted molar refractivity (Wildman–Crippen MR) is 87.6 cm³/mol. The number of nitrogens with one attached hydrogen (secondary N) is 2. The topological polar surface area (TPSA) is 58.2 Å². The van der Waals surface area contributed by atoms with E-state index in [1.807, 2.05) is 37.4 Å². The van der Waals surface area contributed by atoms with E-state index < -0.39 is 10.0 Å². The Balaban J connectivity index is 2.28. The van der Waals surface area contributed by atoms with E-state index in [-0.39, 0.29) is 5.75 Å². The van der Waals surface area contributed by atoms with Gasteiger partial charge in [-0.25, -0.2) is 8.42 Å². The second-order valence-electron chi connectivity index (χ2n) is 4.52. The fourth-order valence-electron chi connectivity index (χ4n) is 2.01. The Kier molecular flexibility index (Phi) is 5.01. The summed E-state index contributed by atoms with van der Waals surface area (Å²) < 4.78 is 27.7. The van der Waals surface area contributed by atoms with Gasteiger partial charge in [-0.3, -0.25) is 4.72 Å². The maximum atomic E-state index is 12.1. The van der Waals surface area contributed by atoms with Crippen LogP contribution in [0.5, 0.6) is 0 Å². The van der Waals surface area contributed by atoms with Crippen molar-refractivity contribution in [2.24, 2.45) is 0 Å². The number of hydrogen-bond donors (Lipinski definition) is 2. The zero-order valence-corrected chi connectivity index (χ0v) is 13.6. The van der Waals surface area contributed by atoms with Crippen molar-refractivity contribution >= 4 is 42.4 Å². The van der Waals surface area contributed by atoms with Crippen LogP contribution in [0.3, 0.4) is 0 Å². The van der Waals surface area contributed by atoms with E-state index in [4.69, 9.17) is 0 Å². The first-order chi connectivity index (χ1) is 9.53. The van der Waals surface area contributed by atoms with Crippen LogP contribution in [0.1, 0.15) is 6.42 Å². The number of rotatable bonds is 6. The van der Waals surface area contributed by atoms with Crippen molar-refractivity contribution in [3.05, 3.63) is 40.9 Å². The first-order valence-electron chi connectivity index (χ1n) is 6.36. The summed E-state index contributed by atoms with van der Waals surface area (Å²) in [6, 6.07) is 11.3. The second-order valence-corrected chi connectivity index (χ2v) is 7.21. The maximum Gasteiger partial charge on any atom is 0.232 e. The van der Waals surface area contributed by atoms with Crippen molar-refractivity contribution in [1.82, 2.24) is 5.32 Å². The minimum atomic E-state index is -3.32. The highest BCUT2D eigenvalue weighted by molar-refractivity contribution is 9.10. The lowest BCUT2D eigenvalue weighted by atomic mass is 10.1. The van der Waals surface area contributed by atoms with E-state index in [1.165, 1.54) is 0 Å². The van der Waals surface area contributed by atoms with E-state index >= 15 is 0 Å². The molecule has 0 saturated carbocycles. The first kappa shape index (κ1) is 15.3.